The highest BCUT2D eigenvalue weighted by molar-refractivity contribution is 5.97. The molecule has 8 nitrogen and oxygen atoms in total. The monoisotopic (exact) mass is 423 g/mol. The smallest absolute Gasteiger partial charge is 0.328 e. The maximum absolute atomic E-state index is 12.8. The van der Waals surface area contributed by atoms with Crippen molar-refractivity contribution in [1.29, 1.82) is 0 Å². The van der Waals surface area contributed by atoms with Crippen LogP contribution in [-0.2, 0) is 14.3 Å². The number of benzene rings is 1. The van der Waals surface area contributed by atoms with E-state index in [2.05, 4.69) is 17.2 Å². The fourth-order valence-corrected chi connectivity index (χ4v) is 4.14. The molecule has 1 N–H and O–H groups in total. The van der Waals surface area contributed by atoms with Gasteiger partial charge >= 0.3 is 5.97 Å². The summed E-state index contributed by atoms with van der Waals surface area (Å²) in [5.41, 5.74) is 0.382. The van der Waals surface area contributed by atoms with Gasteiger partial charge in [0.1, 0.15) is 17.5 Å². The van der Waals surface area contributed by atoms with E-state index in [1.165, 1.54) is 0 Å². The van der Waals surface area contributed by atoms with Crippen LogP contribution in [0.5, 0.6) is 11.5 Å². The Morgan fingerprint density at radius 2 is 1.94 bits per heavy atom. The molecule has 0 spiro atoms. The molecule has 0 radical (unpaired) electrons. The number of carbonyl (C=O) groups is 3. The topological polar surface area (TPSA) is 97.8 Å². The molecule has 2 fully saturated rings. The summed E-state index contributed by atoms with van der Waals surface area (Å²) >= 11 is 0. The Balaban J connectivity index is 1.34. The number of amides is 2. The van der Waals surface area contributed by atoms with E-state index in [0.29, 0.717) is 23.5 Å². The van der Waals surface area contributed by atoms with Crippen LogP contribution < -0.4 is 10.1 Å². The quantitative estimate of drug-likeness (QED) is 0.688. The maximum atomic E-state index is 12.8. The number of hydrogen-bond donors (Lipinski definition) is 1. The molecule has 31 heavy (non-hydrogen) atoms. The Labute approximate surface area is 180 Å². The molecule has 1 saturated carbocycles. The molecule has 3 atom stereocenters. The van der Waals surface area contributed by atoms with Crippen LogP contribution in [0.25, 0.3) is 0 Å². The standard InChI is InChI=1S/C23H25N3O5/c1-3-30-22(29)18-11-23(2)12-19(23)26(18)20(27)14-25-21(28)15-6-8-16(9-7-15)31-17-5-4-10-24-13-17/h4-10,13,18-19H,3,11-12,14H2,1-2H3,(H,25,28)/t18-,19-,23+/m0/s1. The first-order chi connectivity index (χ1) is 14.9. The van der Waals surface area contributed by atoms with Gasteiger partial charge in [-0.1, -0.05) is 6.92 Å². The first-order valence-electron chi connectivity index (χ1n) is 10.4. The lowest BCUT2D eigenvalue weighted by Crippen LogP contribution is -2.48. The Morgan fingerprint density at radius 1 is 1.16 bits per heavy atom. The van der Waals surface area contributed by atoms with Gasteiger partial charge in [-0.2, -0.15) is 0 Å². The van der Waals surface area contributed by atoms with Gasteiger partial charge in [-0.25, -0.2) is 4.79 Å². The summed E-state index contributed by atoms with van der Waals surface area (Å²) in [5, 5.41) is 2.65. The number of fused-ring (bicyclic) bond motifs is 1. The molecule has 2 heterocycles. The van der Waals surface area contributed by atoms with E-state index in [9.17, 15) is 14.4 Å². The van der Waals surface area contributed by atoms with E-state index in [0.717, 1.165) is 6.42 Å². The fraction of sp³-hybridized carbons (Fsp3) is 0.391. The number of pyridine rings is 1. The zero-order chi connectivity index (χ0) is 22.0. The summed E-state index contributed by atoms with van der Waals surface area (Å²) in [6.45, 7) is 3.92. The number of nitrogens with zero attached hydrogens (tertiary/aromatic N) is 2. The van der Waals surface area contributed by atoms with Crippen molar-refractivity contribution >= 4 is 17.8 Å². The minimum atomic E-state index is -0.572. The number of aromatic nitrogens is 1. The third kappa shape index (κ3) is 4.38. The Bertz CT molecular complexity index is 978. The van der Waals surface area contributed by atoms with Crippen molar-refractivity contribution in [3.05, 3.63) is 54.4 Å². The number of esters is 1. The van der Waals surface area contributed by atoms with Crippen LogP contribution >= 0.6 is 0 Å². The zero-order valence-electron chi connectivity index (χ0n) is 17.5. The molecule has 4 rings (SSSR count). The summed E-state index contributed by atoms with van der Waals surface area (Å²) in [4.78, 5) is 43.2. The fourth-order valence-electron chi connectivity index (χ4n) is 4.14. The molecule has 1 saturated heterocycles. The van der Waals surface area contributed by atoms with Gasteiger partial charge < -0.3 is 19.7 Å². The number of carbonyl (C=O) groups excluding carboxylic acids is 3. The molecule has 162 valence electrons. The molecule has 0 bridgehead atoms. The van der Waals surface area contributed by atoms with Crippen molar-refractivity contribution < 1.29 is 23.9 Å². The molecule has 1 aliphatic heterocycles. The third-order valence-corrected chi connectivity index (χ3v) is 5.87. The van der Waals surface area contributed by atoms with Crippen molar-refractivity contribution in [2.24, 2.45) is 5.41 Å². The van der Waals surface area contributed by atoms with Gasteiger partial charge in [0, 0.05) is 17.8 Å². The number of hydrogen-bond acceptors (Lipinski definition) is 6. The van der Waals surface area contributed by atoms with Crippen LogP contribution in [-0.4, -0.2) is 52.9 Å². The van der Waals surface area contributed by atoms with Crippen LogP contribution in [0.4, 0.5) is 0 Å². The molecule has 2 amide bonds. The molecule has 1 aromatic carbocycles. The highest BCUT2D eigenvalue weighted by Gasteiger charge is 2.64. The van der Waals surface area contributed by atoms with Gasteiger partial charge in [0.2, 0.25) is 5.91 Å². The largest absolute Gasteiger partial charge is 0.464 e. The molecular formula is C23H25N3O5. The molecule has 1 aliphatic carbocycles. The van der Waals surface area contributed by atoms with E-state index < -0.39 is 6.04 Å². The molecule has 2 aromatic rings. The second kappa shape index (κ2) is 8.37. The number of nitrogens with one attached hydrogen (secondary N) is 1. The molecule has 1 aromatic heterocycles. The molecule has 8 heteroatoms. The highest BCUT2D eigenvalue weighted by Crippen LogP contribution is 2.59. The Hall–Kier alpha value is -3.42. The van der Waals surface area contributed by atoms with E-state index in [4.69, 9.17) is 9.47 Å². The SMILES string of the molecule is CCOC(=O)[C@@H]1C[C@]2(C)C[C@@H]2N1C(=O)CNC(=O)c1ccc(Oc2cccnc2)cc1. The van der Waals surface area contributed by atoms with Gasteiger partial charge in [-0.3, -0.25) is 14.6 Å². The third-order valence-electron chi connectivity index (χ3n) is 5.87. The second-order valence-corrected chi connectivity index (χ2v) is 8.14. The van der Waals surface area contributed by atoms with Gasteiger partial charge in [0.05, 0.1) is 19.3 Å². The summed E-state index contributed by atoms with van der Waals surface area (Å²) in [7, 11) is 0. The van der Waals surface area contributed by atoms with Gasteiger partial charge in [-0.15, -0.1) is 0 Å². The minimum Gasteiger partial charge on any atom is -0.464 e. The first kappa shape index (κ1) is 20.8. The van der Waals surface area contributed by atoms with Crippen molar-refractivity contribution in [2.75, 3.05) is 13.2 Å². The number of rotatable bonds is 7. The van der Waals surface area contributed by atoms with Gasteiger partial charge in [-0.05, 0) is 61.6 Å². The van der Waals surface area contributed by atoms with Crippen molar-refractivity contribution in [2.45, 2.75) is 38.8 Å². The lowest BCUT2D eigenvalue weighted by atomic mass is 10.0. The van der Waals surface area contributed by atoms with E-state index >= 15 is 0 Å². The highest BCUT2D eigenvalue weighted by atomic mass is 16.5. The predicted octanol–water partition coefficient (Wildman–Crippen LogP) is 2.55. The van der Waals surface area contributed by atoms with Crippen molar-refractivity contribution in [1.82, 2.24) is 15.2 Å². The Kier molecular flexibility index (Phi) is 5.63. The second-order valence-electron chi connectivity index (χ2n) is 8.14. The van der Waals surface area contributed by atoms with Crippen LogP contribution in [0.1, 0.15) is 37.0 Å². The lowest BCUT2D eigenvalue weighted by Gasteiger charge is -2.26. The maximum Gasteiger partial charge on any atom is 0.328 e. The van der Waals surface area contributed by atoms with Crippen LogP contribution in [0.2, 0.25) is 0 Å². The van der Waals surface area contributed by atoms with Crippen LogP contribution in [0.15, 0.2) is 48.8 Å². The van der Waals surface area contributed by atoms with Gasteiger partial charge in [0.15, 0.2) is 0 Å². The first-order valence-corrected chi connectivity index (χ1v) is 10.4. The summed E-state index contributed by atoms with van der Waals surface area (Å²) in [5.74, 6) is 0.155. The average Bonchev–Trinajstić information content (AvgIpc) is 3.33. The summed E-state index contributed by atoms with van der Waals surface area (Å²) in [6.07, 6.45) is 4.73. The molecule has 2 aliphatic rings. The Morgan fingerprint density at radius 3 is 2.61 bits per heavy atom. The number of ether oxygens (including phenoxy) is 2. The van der Waals surface area contributed by atoms with Crippen LogP contribution in [0.3, 0.4) is 0 Å². The van der Waals surface area contributed by atoms with Crippen molar-refractivity contribution in [3.63, 3.8) is 0 Å². The summed E-state index contributed by atoms with van der Waals surface area (Å²) < 4.78 is 10.8. The molecule has 0 unspecified atom stereocenters. The van der Waals surface area contributed by atoms with Crippen molar-refractivity contribution in [3.8, 4) is 11.5 Å². The zero-order valence-corrected chi connectivity index (χ0v) is 17.5. The van der Waals surface area contributed by atoms with Crippen LogP contribution in [0, 0.1) is 5.41 Å². The minimum absolute atomic E-state index is 0.0266. The molecular weight excluding hydrogens is 398 g/mol. The predicted molar refractivity (Wildman–Crippen MR) is 111 cm³/mol. The van der Waals surface area contributed by atoms with E-state index in [1.807, 2.05) is 0 Å². The normalized spacial score (nSPS) is 23.6. The number of piperidine rings is 1. The lowest BCUT2D eigenvalue weighted by molar-refractivity contribution is -0.153. The van der Waals surface area contributed by atoms with E-state index in [-0.39, 0.29) is 42.4 Å². The number of likely N-dealkylation sites (tertiary alicyclic amines) is 1. The average molecular weight is 423 g/mol. The summed E-state index contributed by atoms with van der Waals surface area (Å²) in [6, 6.07) is 9.62. The van der Waals surface area contributed by atoms with E-state index in [1.54, 1.807) is 60.6 Å². The van der Waals surface area contributed by atoms with Gasteiger partial charge in [0.25, 0.3) is 5.91 Å².